The van der Waals surface area contributed by atoms with Crippen molar-refractivity contribution in [2.75, 3.05) is 18.4 Å². The number of Topliss-reactive ketones (excluding diaryl/α,β-unsaturated/α-hetero) is 1. The van der Waals surface area contributed by atoms with Crippen molar-refractivity contribution in [2.24, 2.45) is 0 Å². The lowest BCUT2D eigenvalue weighted by Gasteiger charge is -2.25. The lowest BCUT2D eigenvalue weighted by Crippen LogP contribution is -2.30. The minimum absolute atomic E-state index is 0.0475. The van der Waals surface area contributed by atoms with Crippen LogP contribution in [0.1, 0.15) is 68.3 Å². The lowest BCUT2D eigenvalue weighted by molar-refractivity contribution is 0.101. The van der Waals surface area contributed by atoms with E-state index < -0.39 is 0 Å². The highest BCUT2D eigenvalue weighted by Gasteiger charge is 2.30. The Kier molecular flexibility index (Phi) is 5.58. The van der Waals surface area contributed by atoms with Crippen molar-refractivity contribution in [3.63, 3.8) is 0 Å². The molecule has 0 fully saturated rings. The normalized spacial score (nSPS) is 16.1. The van der Waals surface area contributed by atoms with Gasteiger partial charge in [-0.3, -0.25) is 14.5 Å². The van der Waals surface area contributed by atoms with Gasteiger partial charge in [-0.25, -0.2) is 0 Å². The number of likely N-dealkylation sites (N-methyl/N-ethyl adjacent to an activating group) is 1. The summed E-state index contributed by atoms with van der Waals surface area (Å²) in [5, 5.41) is 4.87. The molecule has 4 heterocycles. The molecule has 0 unspecified atom stereocenters. The number of amides is 1. The molecule has 3 aromatic rings. The summed E-state index contributed by atoms with van der Waals surface area (Å²) in [5.74, 6) is -0.0430. The van der Waals surface area contributed by atoms with Crippen molar-refractivity contribution in [1.29, 1.82) is 0 Å². The van der Waals surface area contributed by atoms with Gasteiger partial charge >= 0.3 is 0 Å². The second-order valence-electron chi connectivity index (χ2n) is 8.32. The average Bonchev–Trinajstić information content (AvgIpc) is 3.48. The Morgan fingerprint density at radius 3 is 2.48 bits per heavy atom. The number of anilines is 1. The average molecular weight is 454 g/mol. The second-order valence-corrected chi connectivity index (χ2v) is 10.5. The molecule has 1 aliphatic carbocycles. The topological polar surface area (TPSA) is 54.3 Å². The Hall–Kier alpha value is -2.22. The van der Waals surface area contributed by atoms with Crippen LogP contribution >= 0.6 is 22.7 Å². The van der Waals surface area contributed by atoms with Crippen molar-refractivity contribution in [3.05, 3.63) is 56.5 Å². The monoisotopic (exact) mass is 453 g/mol. The van der Waals surface area contributed by atoms with Gasteiger partial charge in [-0.05, 0) is 68.8 Å². The summed E-state index contributed by atoms with van der Waals surface area (Å²) >= 11 is 3.31. The Labute approximate surface area is 190 Å². The van der Waals surface area contributed by atoms with E-state index in [1.54, 1.807) is 29.6 Å². The number of nitrogens with one attached hydrogen (secondary N) is 1. The van der Waals surface area contributed by atoms with Crippen LogP contribution in [-0.4, -0.2) is 34.2 Å². The van der Waals surface area contributed by atoms with E-state index >= 15 is 0 Å². The summed E-state index contributed by atoms with van der Waals surface area (Å²) in [6, 6.07) is 3.97. The summed E-state index contributed by atoms with van der Waals surface area (Å²) in [6.07, 6.45) is 9.08. The van der Waals surface area contributed by atoms with Gasteiger partial charge in [0.25, 0.3) is 5.91 Å². The molecule has 0 aromatic carbocycles. The van der Waals surface area contributed by atoms with Gasteiger partial charge in [0.15, 0.2) is 5.78 Å². The number of aromatic nitrogens is 1. The van der Waals surface area contributed by atoms with Gasteiger partial charge in [-0.1, -0.05) is 6.92 Å². The van der Waals surface area contributed by atoms with Gasteiger partial charge in [0.05, 0.1) is 11.1 Å². The van der Waals surface area contributed by atoms with Crippen LogP contribution in [0.2, 0.25) is 0 Å². The molecule has 0 bridgehead atoms. The van der Waals surface area contributed by atoms with E-state index in [-0.39, 0.29) is 11.7 Å². The van der Waals surface area contributed by atoms with Crippen molar-refractivity contribution in [3.8, 4) is 5.00 Å². The molecule has 5 rings (SSSR count). The molecule has 0 saturated heterocycles. The molecular formula is C24H27N3O2S2. The van der Waals surface area contributed by atoms with Gasteiger partial charge < -0.3 is 9.88 Å². The molecule has 0 saturated carbocycles. The Bertz CT molecular complexity index is 1140. The van der Waals surface area contributed by atoms with Gasteiger partial charge in [0.2, 0.25) is 0 Å². The predicted molar refractivity (Wildman–Crippen MR) is 127 cm³/mol. The zero-order chi connectivity index (χ0) is 21.5. The predicted octanol–water partition coefficient (Wildman–Crippen LogP) is 5.31. The van der Waals surface area contributed by atoms with E-state index in [9.17, 15) is 9.59 Å². The third kappa shape index (κ3) is 3.69. The maximum atomic E-state index is 13.7. The first-order chi connectivity index (χ1) is 15.1. The van der Waals surface area contributed by atoms with Gasteiger partial charge in [-0.2, -0.15) is 0 Å². The van der Waals surface area contributed by atoms with E-state index in [1.165, 1.54) is 15.3 Å². The number of ketones is 1. The van der Waals surface area contributed by atoms with Crippen molar-refractivity contribution in [1.82, 2.24) is 9.47 Å². The van der Waals surface area contributed by atoms with Crippen LogP contribution in [0, 0.1) is 0 Å². The minimum atomic E-state index is -0.0905. The summed E-state index contributed by atoms with van der Waals surface area (Å²) in [6.45, 7) is 6.67. The summed E-state index contributed by atoms with van der Waals surface area (Å²) in [4.78, 5) is 31.1. The highest BCUT2D eigenvalue weighted by Crippen LogP contribution is 2.40. The maximum Gasteiger partial charge on any atom is 0.259 e. The molecule has 7 heteroatoms. The molecule has 5 nitrogen and oxygen atoms in total. The minimum Gasteiger partial charge on any atom is -0.315 e. The Morgan fingerprint density at radius 1 is 1.00 bits per heavy atom. The largest absolute Gasteiger partial charge is 0.315 e. The number of fused-ring (bicyclic) bond motifs is 2. The molecule has 0 atom stereocenters. The fourth-order valence-electron chi connectivity index (χ4n) is 4.79. The first-order valence-corrected chi connectivity index (χ1v) is 12.7. The highest BCUT2D eigenvalue weighted by molar-refractivity contribution is 7.17. The maximum absolute atomic E-state index is 13.7. The molecule has 31 heavy (non-hydrogen) atoms. The van der Waals surface area contributed by atoms with Crippen molar-refractivity contribution in [2.45, 2.75) is 52.5 Å². The van der Waals surface area contributed by atoms with Gasteiger partial charge in [-0.15, -0.1) is 22.7 Å². The van der Waals surface area contributed by atoms with Gasteiger partial charge in [0, 0.05) is 35.2 Å². The quantitative estimate of drug-likeness (QED) is 0.533. The van der Waals surface area contributed by atoms with E-state index in [1.807, 2.05) is 29.1 Å². The summed E-state index contributed by atoms with van der Waals surface area (Å²) < 4.78 is 2.04. The second kappa shape index (κ2) is 8.37. The first-order valence-electron chi connectivity index (χ1n) is 11.0. The molecule has 1 N–H and O–H groups in total. The van der Waals surface area contributed by atoms with Crippen molar-refractivity contribution >= 4 is 39.4 Å². The molecule has 1 aliphatic heterocycles. The zero-order valence-corrected chi connectivity index (χ0v) is 19.6. The smallest absolute Gasteiger partial charge is 0.259 e. The molecule has 162 valence electrons. The van der Waals surface area contributed by atoms with Crippen LogP contribution in [-0.2, 0) is 25.8 Å². The lowest BCUT2D eigenvalue weighted by atomic mass is 9.94. The molecule has 0 radical (unpaired) electrons. The van der Waals surface area contributed by atoms with E-state index in [4.69, 9.17) is 0 Å². The summed E-state index contributed by atoms with van der Waals surface area (Å²) in [5.41, 5.74) is 3.84. The number of aryl methyl sites for hydroxylation is 1. The van der Waals surface area contributed by atoms with Crippen LogP contribution < -0.4 is 5.32 Å². The fraction of sp³-hybridized carbons (Fsp3) is 0.417. The van der Waals surface area contributed by atoms with E-state index in [0.29, 0.717) is 0 Å². The number of hydrogen-bond donors (Lipinski definition) is 1. The van der Waals surface area contributed by atoms with Crippen LogP contribution in [0.5, 0.6) is 0 Å². The molecule has 0 spiro atoms. The Balaban J connectivity index is 1.55. The highest BCUT2D eigenvalue weighted by atomic mass is 32.1. The number of carbonyl (C=O) groups excluding carboxylic acids is 2. The number of thiophene rings is 2. The SMILES string of the molecule is CCN1CCc2c(sc(-n3cccc3)c2C(=O)Nc2sc3c(c2C(C)=O)CCCC3)C1. The fourth-order valence-corrected chi connectivity index (χ4v) is 7.48. The number of hydrogen-bond acceptors (Lipinski definition) is 5. The van der Waals surface area contributed by atoms with Crippen molar-refractivity contribution < 1.29 is 9.59 Å². The van der Waals surface area contributed by atoms with Crippen LogP contribution in [0.3, 0.4) is 0 Å². The summed E-state index contributed by atoms with van der Waals surface area (Å²) in [7, 11) is 0. The standard InChI is InChI=1S/C24H27N3O2S2/c1-3-26-13-10-17-19(14-26)31-24(27-11-6-7-12-27)21(17)22(29)25-23-20(15(2)28)16-8-4-5-9-18(16)30-23/h6-7,11-12H,3-5,8-10,13-14H2,1-2H3,(H,25,29). The Morgan fingerprint density at radius 2 is 1.74 bits per heavy atom. The van der Waals surface area contributed by atoms with E-state index in [2.05, 4.69) is 17.1 Å². The van der Waals surface area contributed by atoms with Gasteiger partial charge in [0.1, 0.15) is 10.0 Å². The number of rotatable bonds is 5. The number of carbonyl (C=O) groups is 2. The molecular weight excluding hydrogens is 426 g/mol. The third-order valence-corrected chi connectivity index (χ3v) is 8.82. The molecule has 1 amide bonds. The van der Waals surface area contributed by atoms with Crippen LogP contribution in [0.15, 0.2) is 24.5 Å². The third-order valence-electron chi connectivity index (χ3n) is 6.38. The van der Waals surface area contributed by atoms with E-state index in [0.717, 1.165) is 78.4 Å². The molecule has 2 aliphatic rings. The number of nitrogens with zero attached hydrogens (tertiary/aromatic N) is 2. The van der Waals surface area contributed by atoms with Crippen LogP contribution in [0.4, 0.5) is 5.00 Å². The zero-order valence-electron chi connectivity index (χ0n) is 18.0. The first kappa shape index (κ1) is 20.7. The van der Waals surface area contributed by atoms with Crippen LogP contribution in [0.25, 0.3) is 5.00 Å². The molecule has 3 aromatic heterocycles.